The number of hydrogen-bond acceptors (Lipinski definition) is 3. The number of para-hydroxylation sites is 2. The standard InChI is InChI=1S/C27H21N3O4/c1-17-22(15-23-25(31)28-30(26(23)32)20-10-3-2-4-11-20)21-12-5-6-13-24(21)29(17)16-18-8-7-9-19(14-18)27(33)34/h2-15H,16H2,1H3,(H,28,31)(H,33,34). The van der Waals surface area contributed by atoms with E-state index < -0.39 is 17.8 Å². The normalized spacial score (nSPS) is 14.7. The summed E-state index contributed by atoms with van der Waals surface area (Å²) in [7, 11) is 0. The number of carboxylic acids is 1. The Kier molecular flexibility index (Phi) is 5.22. The molecule has 0 bridgehead atoms. The maximum absolute atomic E-state index is 13.1. The number of aromatic carboxylic acids is 1. The van der Waals surface area contributed by atoms with Gasteiger partial charge < -0.3 is 9.67 Å². The predicted octanol–water partition coefficient (Wildman–Crippen LogP) is 4.16. The number of carbonyl (C=O) groups is 3. The molecule has 0 atom stereocenters. The summed E-state index contributed by atoms with van der Waals surface area (Å²) in [5, 5.41) is 11.5. The molecule has 0 radical (unpaired) electrons. The maximum atomic E-state index is 13.1. The van der Waals surface area contributed by atoms with Gasteiger partial charge in [-0.3, -0.25) is 15.0 Å². The van der Waals surface area contributed by atoms with E-state index in [2.05, 4.69) is 9.99 Å². The fourth-order valence-electron chi connectivity index (χ4n) is 4.29. The van der Waals surface area contributed by atoms with E-state index in [0.717, 1.165) is 27.7 Å². The lowest BCUT2D eigenvalue weighted by molar-refractivity contribution is -0.117. The van der Waals surface area contributed by atoms with Crippen molar-refractivity contribution in [3.8, 4) is 0 Å². The van der Waals surface area contributed by atoms with Crippen molar-refractivity contribution in [2.75, 3.05) is 5.01 Å². The Bertz CT molecular complexity index is 1480. The van der Waals surface area contributed by atoms with Crippen molar-refractivity contribution >= 4 is 40.4 Å². The van der Waals surface area contributed by atoms with Crippen molar-refractivity contribution in [3.63, 3.8) is 0 Å². The van der Waals surface area contributed by atoms with Crippen LogP contribution in [0.25, 0.3) is 17.0 Å². The first-order chi connectivity index (χ1) is 16.4. The molecule has 0 aliphatic carbocycles. The van der Waals surface area contributed by atoms with Crippen LogP contribution in [0.1, 0.15) is 27.2 Å². The Labute approximate surface area is 195 Å². The Morgan fingerprint density at radius 2 is 1.71 bits per heavy atom. The van der Waals surface area contributed by atoms with Gasteiger partial charge in [0.2, 0.25) is 0 Å². The van der Waals surface area contributed by atoms with Gasteiger partial charge in [-0.2, -0.15) is 0 Å². The minimum Gasteiger partial charge on any atom is -0.478 e. The molecule has 1 aliphatic heterocycles. The molecule has 0 saturated carbocycles. The molecule has 1 aliphatic rings. The van der Waals surface area contributed by atoms with Crippen molar-refractivity contribution in [1.82, 2.24) is 9.99 Å². The van der Waals surface area contributed by atoms with Crippen LogP contribution >= 0.6 is 0 Å². The zero-order chi connectivity index (χ0) is 23.8. The highest BCUT2D eigenvalue weighted by Gasteiger charge is 2.34. The third-order valence-corrected chi connectivity index (χ3v) is 5.99. The van der Waals surface area contributed by atoms with E-state index in [1.807, 2.05) is 43.3 Å². The van der Waals surface area contributed by atoms with Crippen molar-refractivity contribution in [2.45, 2.75) is 13.5 Å². The number of carboxylic acid groups (broad SMARTS) is 1. The largest absolute Gasteiger partial charge is 0.478 e. The Morgan fingerprint density at radius 3 is 2.47 bits per heavy atom. The van der Waals surface area contributed by atoms with Gasteiger partial charge in [-0.1, -0.05) is 48.5 Å². The van der Waals surface area contributed by atoms with Gasteiger partial charge in [-0.05, 0) is 48.9 Å². The molecule has 2 N–H and O–H groups in total. The van der Waals surface area contributed by atoms with Crippen LogP contribution in [0.15, 0.2) is 84.4 Å². The number of carbonyl (C=O) groups excluding carboxylic acids is 2. The molecule has 168 valence electrons. The Morgan fingerprint density at radius 1 is 0.971 bits per heavy atom. The number of aromatic nitrogens is 1. The quantitative estimate of drug-likeness (QED) is 0.352. The summed E-state index contributed by atoms with van der Waals surface area (Å²) in [4.78, 5) is 37.2. The number of nitrogens with one attached hydrogen (secondary N) is 1. The van der Waals surface area contributed by atoms with Crippen LogP contribution in [0.3, 0.4) is 0 Å². The lowest BCUT2D eigenvalue weighted by Gasteiger charge is -2.13. The molecule has 3 aromatic carbocycles. The number of hydrazine groups is 1. The monoisotopic (exact) mass is 451 g/mol. The van der Waals surface area contributed by atoms with E-state index in [9.17, 15) is 19.5 Å². The molecule has 1 saturated heterocycles. The summed E-state index contributed by atoms with van der Waals surface area (Å²) >= 11 is 0. The number of rotatable bonds is 5. The zero-order valence-electron chi connectivity index (χ0n) is 18.4. The summed E-state index contributed by atoms with van der Waals surface area (Å²) in [5.74, 6) is -1.85. The van der Waals surface area contributed by atoms with Crippen LogP contribution in [0.2, 0.25) is 0 Å². The summed E-state index contributed by atoms with van der Waals surface area (Å²) in [5.41, 5.74) is 6.92. The SMILES string of the molecule is Cc1c(C=C2C(=O)NN(c3ccccc3)C2=O)c2ccccc2n1Cc1cccc(C(=O)O)c1. The van der Waals surface area contributed by atoms with Crippen LogP contribution in [0.4, 0.5) is 5.69 Å². The summed E-state index contributed by atoms with van der Waals surface area (Å²) in [6.45, 7) is 2.38. The second kappa shape index (κ2) is 8.37. The summed E-state index contributed by atoms with van der Waals surface area (Å²) in [6, 6.07) is 23.5. The molecular formula is C27H21N3O4. The molecule has 4 aromatic rings. The summed E-state index contributed by atoms with van der Waals surface area (Å²) in [6.07, 6.45) is 1.64. The Balaban J connectivity index is 1.58. The highest BCUT2D eigenvalue weighted by molar-refractivity contribution is 6.32. The van der Waals surface area contributed by atoms with E-state index in [-0.39, 0.29) is 11.1 Å². The van der Waals surface area contributed by atoms with Crippen molar-refractivity contribution in [2.24, 2.45) is 0 Å². The number of benzene rings is 3. The van der Waals surface area contributed by atoms with Gasteiger partial charge in [-0.25, -0.2) is 9.80 Å². The van der Waals surface area contributed by atoms with E-state index in [1.165, 1.54) is 5.01 Å². The highest BCUT2D eigenvalue weighted by atomic mass is 16.4. The topological polar surface area (TPSA) is 91.6 Å². The molecule has 0 spiro atoms. The third-order valence-electron chi connectivity index (χ3n) is 5.99. The molecule has 2 amide bonds. The minimum absolute atomic E-state index is 0.0581. The molecule has 7 nitrogen and oxygen atoms in total. The molecule has 34 heavy (non-hydrogen) atoms. The lowest BCUT2D eigenvalue weighted by Crippen LogP contribution is -2.35. The summed E-state index contributed by atoms with van der Waals surface area (Å²) < 4.78 is 2.06. The van der Waals surface area contributed by atoms with Crippen LogP contribution < -0.4 is 10.4 Å². The van der Waals surface area contributed by atoms with Gasteiger partial charge in [0.1, 0.15) is 5.57 Å². The molecule has 0 unspecified atom stereocenters. The Hall–Kier alpha value is -4.65. The second-order valence-electron chi connectivity index (χ2n) is 8.08. The second-order valence-corrected chi connectivity index (χ2v) is 8.08. The van der Waals surface area contributed by atoms with Crippen LogP contribution in [-0.2, 0) is 16.1 Å². The highest BCUT2D eigenvalue weighted by Crippen LogP contribution is 2.30. The predicted molar refractivity (Wildman–Crippen MR) is 129 cm³/mol. The number of nitrogens with zero attached hydrogens (tertiary/aromatic N) is 2. The van der Waals surface area contributed by atoms with Gasteiger partial charge in [0.15, 0.2) is 0 Å². The van der Waals surface area contributed by atoms with E-state index >= 15 is 0 Å². The van der Waals surface area contributed by atoms with Gasteiger partial charge in [0, 0.05) is 28.7 Å². The van der Waals surface area contributed by atoms with Crippen LogP contribution in [0.5, 0.6) is 0 Å². The maximum Gasteiger partial charge on any atom is 0.335 e. The van der Waals surface area contributed by atoms with Crippen molar-refractivity contribution in [3.05, 3.63) is 107 Å². The van der Waals surface area contributed by atoms with Crippen molar-refractivity contribution < 1.29 is 19.5 Å². The van der Waals surface area contributed by atoms with E-state index in [0.29, 0.717) is 12.2 Å². The first-order valence-electron chi connectivity index (χ1n) is 10.8. The number of anilines is 1. The molecule has 1 fully saturated rings. The number of fused-ring (bicyclic) bond motifs is 1. The van der Waals surface area contributed by atoms with Crippen molar-refractivity contribution in [1.29, 1.82) is 0 Å². The fourth-order valence-corrected chi connectivity index (χ4v) is 4.29. The van der Waals surface area contributed by atoms with Gasteiger partial charge in [0.05, 0.1) is 11.3 Å². The molecule has 5 rings (SSSR count). The van der Waals surface area contributed by atoms with Crippen LogP contribution in [0, 0.1) is 6.92 Å². The smallest absolute Gasteiger partial charge is 0.335 e. The minimum atomic E-state index is -0.977. The lowest BCUT2D eigenvalue weighted by atomic mass is 10.1. The third kappa shape index (κ3) is 3.63. The average Bonchev–Trinajstić information content (AvgIpc) is 3.28. The molecule has 1 aromatic heterocycles. The zero-order valence-corrected chi connectivity index (χ0v) is 18.4. The average molecular weight is 451 g/mol. The van der Waals surface area contributed by atoms with Gasteiger partial charge in [-0.15, -0.1) is 0 Å². The first-order valence-corrected chi connectivity index (χ1v) is 10.8. The van der Waals surface area contributed by atoms with E-state index in [4.69, 9.17) is 0 Å². The first kappa shape index (κ1) is 21.2. The fraction of sp³-hybridized carbons (Fsp3) is 0.0741. The molecule has 2 heterocycles. The molecular weight excluding hydrogens is 430 g/mol. The number of amides is 2. The van der Waals surface area contributed by atoms with Gasteiger partial charge >= 0.3 is 5.97 Å². The van der Waals surface area contributed by atoms with E-state index in [1.54, 1.807) is 48.5 Å². The molecule has 7 heteroatoms. The number of hydrogen-bond donors (Lipinski definition) is 2. The van der Waals surface area contributed by atoms with Gasteiger partial charge in [0.25, 0.3) is 11.8 Å². The van der Waals surface area contributed by atoms with Crippen LogP contribution in [-0.4, -0.2) is 27.5 Å².